The number of benzene rings is 2. The van der Waals surface area contributed by atoms with E-state index in [0.717, 1.165) is 50.0 Å². The summed E-state index contributed by atoms with van der Waals surface area (Å²) in [7, 11) is 1.79. The Balaban J connectivity index is 1.70. The molecule has 38 heavy (non-hydrogen) atoms. The first-order valence-electron chi connectivity index (χ1n) is 13.6. The number of amides is 1. The first-order valence-corrected chi connectivity index (χ1v) is 14.3. The summed E-state index contributed by atoms with van der Waals surface area (Å²) in [6.45, 7) is 11.6. The molecule has 1 amide bonds. The number of piperidine rings is 1. The zero-order chi connectivity index (χ0) is 27.4. The van der Waals surface area contributed by atoms with Crippen LogP contribution in [0.2, 0.25) is 10.0 Å². The van der Waals surface area contributed by atoms with Gasteiger partial charge in [0.25, 0.3) is 0 Å². The lowest BCUT2D eigenvalue weighted by molar-refractivity contribution is -0.140. The largest absolute Gasteiger partial charge is 0.508 e. The molecule has 2 aromatic rings. The summed E-state index contributed by atoms with van der Waals surface area (Å²) in [4.78, 5) is 18.4. The molecule has 1 aliphatic carbocycles. The highest BCUT2D eigenvalue weighted by atomic mass is 35.5. The van der Waals surface area contributed by atoms with Crippen LogP contribution in [-0.4, -0.2) is 66.2 Å². The van der Waals surface area contributed by atoms with Crippen LogP contribution >= 0.6 is 23.2 Å². The Labute approximate surface area is 237 Å². The normalized spacial score (nSPS) is 25.7. The van der Waals surface area contributed by atoms with Crippen molar-refractivity contribution < 1.29 is 14.6 Å². The van der Waals surface area contributed by atoms with E-state index in [2.05, 4.69) is 36.3 Å². The van der Waals surface area contributed by atoms with Gasteiger partial charge in [0.2, 0.25) is 5.91 Å². The van der Waals surface area contributed by atoms with Gasteiger partial charge in [-0.2, -0.15) is 0 Å². The number of hydrogen-bond donors (Lipinski definition) is 1. The molecular formula is C31H40Cl2N2O3. The van der Waals surface area contributed by atoms with Gasteiger partial charge in [0.1, 0.15) is 5.75 Å². The second-order valence-electron chi connectivity index (χ2n) is 11.3. The van der Waals surface area contributed by atoms with E-state index in [0.29, 0.717) is 22.5 Å². The second kappa shape index (κ2) is 12.4. The average Bonchev–Trinajstić information content (AvgIpc) is 2.89. The van der Waals surface area contributed by atoms with Crippen molar-refractivity contribution in [2.45, 2.75) is 57.1 Å². The van der Waals surface area contributed by atoms with Crippen molar-refractivity contribution in [1.29, 1.82) is 0 Å². The quantitative estimate of drug-likeness (QED) is 0.364. The topological polar surface area (TPSA) is 53.0 Å². The van der Waals surface area contributed by atoms with Gasteiger partial charge in [0, 0.05) is 44.1 Å². The molecule has 1 aliphatic heterocycles. The molecule has 1 unspecified atom stereocenters. The maximum atomic E-state index is 13.9. The van der Waals surface area contributed by atoms with Gasteiger partial charge in [0.15, 0.2) is 0 Å². The zero-order valence-electron chi connectivity index (χ0n) is 22.7. The van der Waals surface area contributed by atoms with Crippen molar-refractivity contribution in [1.82, 2.24) is 9.80 Å². The minimum absolute atomic E-state index is 0.0159. The van der Waals surface area contributed by atoms with E-state index >= 15 is 0 Å². The smallest absolute Gasteiger partial charge is 0.227 e. The number of fused-ring (bicyclic) bond motifs is 1. The number of nitrogens with zero attached hydrogens (tertiary/aromatic N) is 2. The van der Waals surface area contributed by atoms with E-state index in [1.807, 2.05) is 24.3 Å². The van der Waals surface area contributed by atoms with Crippen molar-refractivity contribution in [3.05, 3.63) is 76.3 Å². The molecule has 4 atom stereocenters. The summed E-state index contributed by atoms with van der Waals surface area (Å²) >= 11 is 12.4. The molecule has 7 heteroatoms. The SMILES string of the molecule is C=CCN1CC[C@@]2(c3cccc(O)c3)C[C@@H](N(CC(C)C)C(=O)Cc3ccc(Cl)c(Cl)c3)CC(OC)[C@@H]2C1. The summed E-state index contributed by atoms with van der Waals surface area (Å²) in [5.41, 5.74) is 1.78. The Morgan fingerprint density at radius 3 is 2.71 bits per heavy atom. The van der Waals surface area contributed by atoms with Gasteiger partial charge in [-0.25, -0.2) is 0 Å². The van der Waals surface area contributed by atoms with Gasteiger partial charge >= 0.3 is 0 Å². The molecule has 1 saturated carbocycles. The average molecular weight is 560 g/mol. The minimum atomic E-state index is -0.209. The Hall–Kier alpha value is -2.05. The van der Waals surface area contributed by atoms with Crippen LogP contribution in [0.1, 0.15) is 44.2 Å². The van der Waals surface area contributed by atoms with Crippen LogP contribution in [0.4, 0.5) is 0 Å². The van der Waals surface area contributed by atoms with Crippen LogP contribution in [0.5, 0.6) is 5.75 Å². The summed E-state index contributed by atoms with van der Waals surface area (Å²) in [6.07, 6.45) is 4.76. The predicted molar refractivity (Wildman–Crippen MR) is 155 cm³/mol. The predicted octanol–water partition coefficient (Wildman–Crippen LogP) is 6.35. The van der Waals surface area contributed by atoms with Gasteiger partial charge in [-0.1, -0.05) is 61.3 Å². The summed E-state index contributed by atoms with van der Waals surface area (Å²) in [6, 6.07) is 13.1. The molecular weight excluding hydrogens is 519 g/mol. The van der Waals surface area contributed by atoms with Crippen LogP contribution in [0.15, 0.2) is 55.1 Å². The third kappa shape index (κ3) is 6.22. The molecule has 2 fully saturated rings. The summed E-state index contributed by atoms with van der Waals surface area (Å²) in [5, 5.41) is 11.4. The monoisotopic (exact) mass is 558 g/mol. The Bertz CT molecular complexity index is 1140. The van der Waals surface area contributed by atoms with E-state index in [4.69, 9.17) is 27.9 Å². The van der Waals surface area contributed by atoms with Gasteiger partial charge in [-0.3, -0.25) is 9.69 Å². The highest BCUT2D eigenvalue weighted by Gasteiger charge is 2.53. The van der Waals surface area contributed by atoms with Crippen molar-refractivity contribution in [2.75, 3.05) is 33.3 Å². The van der Waals surface area contributed by atoms with Crippen LogP contribution in [-0.2, 0) is 21.4 Å². The van der Waals surface area contributed by atoms with Crippen molar-refractivity contribution in [3.8, 4) is 5.75 Å². The van der Waals surface area contributed by atoms with Gasteiger partial charge in [0.05, 0.1) is 22.6 Å². The number of carbonyl (C=O) groups is 1. The molecule has 2 aliphatic rings. The molecule has 4 rings (SSSR count). The van der Waals surface area contributed by atoms with E-state index in [9.17, 15) is 9.90 Å². The lowest BCUT2D eigenvalue weighted by Crippen LogP contribution is -2.62. The first kappa shape index (κ1) is 28.9. The number of halogens is 2. The van der Waals surface area contributed by atoms with Crippen LogP contribution in [0.3, 0.4) is 0 Å². The van der Waals surface area contributed by atoms with Crippen molar-refractivity contribution in [3.63, 3.8) is 0 Å². The van der Waals surface area contributed by atoms with E-state index < -0.39 is 0 Å². The van der Waals surface area contributed by atoms with Crippen LogP contribution < -0.4 is 0 Å². The number of phenols is 1. The standard InChI is InChI=1S/C31H40Cl2N2O3/c1-5-12-34-13-11-31(23-7-6-8-25(36)16-23)18-24(17-29(38-4)26(31)20-34)35(19-21(2)3)30(37)15-22-9-10-27(32)28(33)14-22/h5-10,14,16,21,24,26,29,36H,1,11-13,15,17-20H2,2-4H3/t24-,26-,29?,31-/m0/s1. The minimum Gasteiger partial charge on any atom is -0.508 e. The molecule has 0 radical (unpaired) electrons. The zero-order valence-corrected chi connectivity index (χ0v) is 24.2. The fourth-order valence-corrected chi connectivity index (χ4v) is 6.98. The Morgan fingerprint density at radius 2 is 2.05 bits per heavy atom. The summed E-state index contributed by atoms with van der Waals surface area (Å²) < 4.78 is 6.19. The maximum absolute atomic E-state index is 13.9. The molecule has 5 nitrogen and oxygen atoms in total. The second-order valence-corrected chi connectivity index (χ2v) is 12.2. The van der Waals surface area contributed by atoms with Gasteiger partial charge in [-0.15, -0.1) is 6.58 Å². The van der Waals surface area contributed by atoms with Crippen molar-refractivity contribution in [2.24, 2.45) is 11.8 Å². The van der Waals surface area contributed by atoms with E-state index in [-0.39, 0.29) is 41.6 Å². The molecule has 1 N–H and O–H groups in total. The number of hydrogen-bond acceptors (Lipinski definition) is 4. The Morgan fingerprint density at radius 1 is 1.26 bits per heavy atom. The number of phenolic OH excluding ortho intramolecular Hbond substituents is 1. The van der Waals surface area contributed by atoms with Crippen molar-refractivity contribution >= 4 is 29.1 Å². The van der Waals surface area contributed by atoms with E-state index in [1.54, 1.807) is 25.3 Å². The number of rotatable bonds is 9. The number of ether oxygens (including phenoxy) is 1. The fraction of sp³-hybridized carbons (Fsp3) is 0.516. The summed E-state index contributed by atoms with van der Waals surface area (Å²) in [5.74, 6) is 0.920. The molecule has 0 bridgehead atoms. The number of aromatic hydroxyl groups is 1. The maximum Gasteiger partial charge on any atom is 0.227 e. The number of carbonyl (C=O) groups excluding carboxylic acids is 1. The van der Waals surface area contributed by atoms with E-state index in [1.165, 1.54) is 0 Å². The Kier molecular flexibility index (Phi) is 9.46. The lowest BCUT2D eigenvalue weighted by atomic mass is 9.56. The molecule has 0 aromatic heterocycles. The van der Waals surface area contributed by atoms with Crippen LogP contribution in [0.25, 0.3) is 0 Å². The first-order chi connectivity index (χ1) is 18.2. The highest BCUT2D eigenvalue weighted by molar-refractivity contribution is 6.42. The highest BCUT2D eigenvalue weighted by Crippen LogP contribution is 2.51. The van der Waals surface area contributed by atoms with Gasteiger partial charge < -0.3 is 14.7 Å². The lowest BCUT2D eigenvalue weighted by Gasteiger charge is -2.57. The molecule has 2 aromatic carbocycles. The van der Waals surface area contributed by atoms with Crippen LogP contribution in [0, 0.1) is 11.8 Å². The molecule has 0 spiro atoms. The number of methoxy groups -OCH3 is 1. The molecule has 1 heterocycles. The molecule has 1 saturated heterocycles. The number of likely N-dealkylation sites (tertiary alicyclic amines) is 1. The van der Waals surface area contributed by atoms with Gasteiger partial charge in [-0.05, 0) is 67.1 Å². The fourth-order valence-electron chi connectivity index (χ4n) is 6.66. The third-order valence-electron chi connectivity index (χ3n) is 8.37. The third-order valence-corrected chi connectivity index (χ3v) is 9.10. The molecule has 206 valence electrons.